The summed E-state index contributed by atoms with van der Waals surface area (Å²) in [6.07, 6.45) is 7.63. The highest BCUT2D eigenvalue weighted by atomic mass is 16.2. The van der Waals surface area contributed by atoms with E-state index in [-0.39, 0.29) is 11.8 Å². The summed E-state index contributed by atoms with van der Waals surface area (Å²) < 4.78 is 1.79. The van der Waals surface area contributed by atoms with Gasteiger partial charge in [0.15, 0.2) is 0 Å². The van der Waals surface area contributed by atoms with Crippen molar-refractivity contribution < 1.29 is 4.79 Å². The Morgan fingerprint density at radius 3 is 2.85 bits per heavy atom. The quantitative estimate of drug-likeness (QED) is 0.866. The number of hydrogen-bond donors (Lipinski definition) is 2. The van der Waals surface area contributed by atoms with Gasteiger partial charge < -0.3 is 11.1 Å². The van der Waals surface area contributed by atoms with E-state index in [0.29, 0.717) is 5.69 Å². The number of anilines is 1. The van der Waals surface area contributed by atoms with Crippen LogP contribution in [0.25, 0.3) is 5.82 Å². The van der Waals surface area contributed by atoms with Gasteiger partial charge in [-0.3, -0.25) is 9.36 Å². The summed E-state index contributed by atoms with van der Waals surface area (Å²) in [6.45, 7) is 3.98. The van der Waals surface area contributed by atoms with E-state index in [1.54, 1.807) is 35.6 Å². The van der Waals surface area contributed by atoms with Crippen LogP contribution in [0.2, 0.25) is 0 Å². The highest BCUT2D eigenvalue weighted by molar-refractivity contribution is 5.94. The van der Waals surface area contributed by atoms with Crippen molar-refractivity contribution in [3.8, 4) is 5.82 Å². The number of carbonyl (C=O) groups is 1. The predicted octanol–water partition coefficient (Wildman–Crippen LogP) is 1.58. The summed E-state index contributed by atoms with van der Waals surface area (Å²) in [5, 5.41) is 2.78. The molecule has 2 aromatic rings. The minimum absolute atomic E-state index is 0.146. The van der Waals surface area contributed by atoms with E-state index in [1.165, 1.54) is 0 Å². The fraction of sp³-hybridized carbons (Fsp3) is 0.357. The summed E-state index contributed by atoms with van der Waals surface area (Å²) in [5.41, 5.74) is 6.52. The smallest absolute Gasteiger partial charge is 0.241 e. The second-order valence-electron chi connectivity index (χ2n) is 4.78. The highest BCUT2D eigenvalue weighted by Crippen LogP contribution is 2.12. The summed E-state index contributed by atoms with van der Waals surface area (Å²) >= 11 is 0. The molecule has 2 rings (SSSR count). The first-order valence-corrected chi connectivity index (χ1v) is 6.62. The van der Waals surface area contributed by atoms with Gasteiger partial charge in [0.2, 0.25) is 5.91 Å². The van der Waals surface area contributed by atoms with Gasteiger partial charge in [0.05, 0.1) is 17.9 Å². The Labute approximate surface area is 118 Å². The van der Waals surface area contributed by atoms with Crippen molar-refractivity contribution in [2.45, 2.75) is 26.3 Å². The van der Waals surface area contributed by atoms with Crippen LogP contribution in [0.1, 0.15) is 20.3 Å². The normalized spacial score (nSPS) is 13.8. The van der Waals surface area contributed by atoms with Crippen molar-refractivity contribution in [3.05, 3.63) is 37.1 Å². The molecule has 0 aromatic carbocycles. The number of imidazole rings is 1. The fourth-order valence-corrected chi connectivity index (χ4v) is 1.75. The standard InChI is InChI=1S/C14H19N5O/c1-3-10(2)13(15)14(20)18-11-4-5-12(17-8-11)19-7-6-16-9-19/h4-10,13H,3,15H2,1-2H3,(H,18,20)/t10-,13-/m0/s1. The molecule has 0 unspecified atom stereocenters. The number of aromatic nitrogens is 3. The Hall–Kier alpha value is -2.21. The summed E-state index contributed by atoms with van der Waals surface area (Å²) in [6, 6.07) is 3.10. The van der Waals surface area contributed by atoms with Gasteiger partial charge in [-0.25, -0.2) is 9.97 Å². The average molecular weight is 273 g/mol. The van der Waals surface area contributed by atoms with Crippen molar-refractivity contribution in [1.29, 1.82) is 0 Å². The minimum Gasteiger partial charge on any atom is -0.323 e. The van der Waals surface area contributed by atoms with Crippen molar-refractivity contribution in [2.24, 2.45) is 11.7 Å². The van der Waals surface area contributed by atoms with Crippen LogP contribution in [0.3, 0.4) is 0 Å². The molecule has 2 atom stereocenters. The Morgan fingerprint density at radius 2 is 2.30 bits per heavy atom. The molecule has 0 aliphatic heterocycles. The maximum Gasteiger partial charge on any atom is 0.241 e. The van der Waals surface area contributed by atoms with Gasteiger partial charge in [-0.15, -0.1) is 0 Å². The lowest BCUT2D eigenvalue weighted by atomic mass is 9.99. The first-order chi connectivity index (χ1) is 9.61. The second-order valence-corrected chi connectivity index (χ2v) is 4.78. The van der Waals surface area contributed by atoms with Crippen LogP contribution in [0.5, 0.6) is 0 Å². The van der Waals surface area contributed by atoms with E-state index < -0.39 is 6.04 Å². The molecule has 106 valence electrons. The Kier molecular flexibility index (Phi) is 4.47. The van der Waals surface area contributed by atoms with Crippen LogP contribution in [0.15, 0.2) is 37.1 Å². The third kappa shape index (κ3) is 3.21. The number of pyridine rings is 1. The molecule has 0 bridgehead atoms. The third-order valence-corrected chi connectivity index (χ3v) is 3.34. The molecule has 0 aliphatic rings. The van der Waals surface area contributed by atoms with Gasteiger partial charge in [-0.1, -0.05) is 20.3 Å². The fourth-order valence-electron chi connectivity index (χ4n) is 1.75. The Morgan fingerprint density at radius 1 is 1.50 bits per heavy atom. The Bertz CT molecular complexity index is 549. The molecule has 1 amide bonds. The largest absolute Gasteiger partial charge is 0.323 e. The molecule has 0 aliphatic carbocycles. The van der Waals surface area contributed by atoms with Gasteiger partial charge >= 0.3 is 0 Å². The van der Waals surface area contributed by atoms with E-state index >= 15 is 0 Å². The van der Waals surface area contributed by atoms with Crippen molar-refractivity contribution in [1.82, 2.24) is 14.5 Å². The van der Waals surface area contributed by atoms with Crippen LogP contribution in [-0.4, -0.2) is 26.5 Å². The SMILES string of the molecule is CC[C@H](C)[C@H](N)C(=O)Nc1ccc(-n2ccnc2)nc1. The lowest BCUT2D eigenvalue weighted by molar-refractivity contribution is -0.118. The molecule has 0 fully saturated rings. The maximum atomic E-state index is 11.9. The van der Waals surface area contributed by atoms with Crippen molar-refractivity contribution in [2.75, 3.05) is 5.32 Å². The zero-order valence-electron chi connectivity index (χ0n) is 11.7. The molecule has 6 heteroatoms. The molecule has 0 saturated carbocycles. The second kappa shape index (κ2) is 6.29. The summed E-state index contributed by atoms with van der Waals surface area (Å²) in [5.74, 6) is 0.705. The zero-order chi connectivity index (χ0) is 14.5. The topological polar surface area (TPSA) is 85.8 Å². The number of amides is 1. The van der Waals surface area contributed by atoms with Crippen LogP contribution >= 0.6 is 0 Å². The van der Waals surface area contributed by atoms with Crippen molar-refractivity contribution in [3.63, 3.8) is 0 Å². The van der Waals surface area contributed by atoms with Gasteiger partial charge in [0.25, 0.3) is 0 Å². The molecular weight excluding hydrogens is 254 g/mol. The maximum absolute atomic E-state index is 11.9. The molecule has 20 heavy (non-hydrogen) atoms. The van der Waals surface area contributed by atoms with Crippen LogP contribution in [-0.2, 0) is 4.79 Å². The number of nitrogens with two attached hydrogens (primary N) is 1. The molecule has 3 N–H and O–H groups in total. The van der Waals surface area contributed by atoms with Gasteiger partial charge in [0, 0.05) is 12.4 Å². The van der Waals surface area contributed by atoms with Crippen LogP contribution < -0.4 is 11.1 Å². The number of rotatable bonds is 5. The monoisotopic (exact) mass is 273 g/mol. The first kappa shape index (κ1) is 14.2. The molecule has 2 heterocycles. The molecule has 2 aromatic heterocycles. The lowest BCUT2D eigenvalue weighted by Gasteiger charge is -2.17. The number of nitrogens with zero attached hydrogens (tertiary/aromatic N) is 3. The minimum atomic E-state index is -0.506. The summed E-state index contributed by atoms with van der Waals surface area (Å²) in [7, 11) is 0. The van der Waals surface area contributed by atoms with Gasteiger partial charge in [-0.05, 0) is 18.1 Å². The summed E-state index contributed by atoms with van der Waals surface area (Å²) in [4.78, 5) is 20.2. The van der Waals surface area contributed by atoms with Crippen molar-refractivity contribution >= 4 is 11.6 Å². The Balaban J connectivity index is 2.02. The van der Waals surface area contributed by atoms with E-state index in [0.717, 1.165) is 12.2 Å². The van der Waals surface area contributed by atoms with E-state index in [4.69, 9.17) is 5.73 Å². The number of carbonyl (C=O) groups excluding carboxylic acids is 1. The molecule has 6 nitrogen and oxygen atoms in total. The van der Waals surface area contributed by atoms with Gasteiger partial charge in [0.1, 0.15) is 12.1 Å². The van der Waals surface area contributed by atoms with E-state index in [2.05, 4.69) is 15.3 Å². The molecule has 0 radical (unpaired) electrons. The lowest BCUT2D eigenvalue weighted by Crippen LogP contribution is -2.40. The molecule has 0 saturated heterocycles. The van der Waals surface area contributed by atoms with Crippen LogP contribution in [0.4, 0.5) is 5.69 Å². The van der Waals surface area contributed by atoms with E-state index in [9.17, 15) is 4.79 Å². The number of nitrogens with one attached hydrogen (secondary N) is 1. The first-order valence-electron chi connectivity index (χ1n) is 6.62. The number of hydrogen-bond acceptors (Lipinski definition) is 4. The van der Waals surface area contributed by atoms with E-state index in [1.807, 2.05) is 19.9 Å². The predicted molar refractivity (Wildman–Crippen MR) is 77.4 cm³/mol. The molecular formula is C14H19N5O. The highest BCUT2D eigenvalue weighted by Gasteiger charge is 2.19. The van der Waals surface area contributed by atoms with Gasteiger partial charge in [-0.2, -0.15) is 0 Å². The third-order valence-electron chi connectivity index (χ3n) is 3.34. The zero-order valence-corrected chi connectivity index (χ0v) is 11.7. The molecule has 0 spiro atoms. The average Bonchev–Trinajstić information content (AvgIpc) is 3.00. The van der Waals surface area contributed by atoms with Crippen LogP contribution in [0, 0.1) is 5.92 Å².